The maximum Gasteiger partial charge on any atom is 0.411 e. The first-order valence-corrected chi connectivity index (χ1v) is 6.24. The van der Waals surface area contributed by atoms with E-state index in [0.29, 0.717) is 5.69 Å². The Balaban J connectivity index is 2.08. The molecule has 2 rings (SSSR count). The van der Waals surface area contributed by atoms with Crippen molar-refractivity contribution >= 4 is 11.8 Å². The van der Waals surface area contributed by atoms with E-state index in [4.69, 9.17) is 5.11 Å². The van der Waals surface area contributed by atoms with Gasteiger partial charge in [-0.1, -0.05) is 12.1 Å². The van der Waals surface area contributed by atoms with Crippen molar-refractivity contribution in [2.45, 2.75) is 24.3 Å². The number of carbonyl (C=O) groups is 1. The third-order valence-electron chi connectivity index (χ3n) is 3.40. The van der Waals surface area contributed by atoms with Crippen molar-refractivity contribution in [1.29, 1.82) is 0 Å². The van der Waals surface area contributed by atoms with E-state index < -0.39 is 30.4 Å². The average Bonchev–Trinajstić information content (AvgIpc) is 2.76. The molecule has 0 bridgehead atoms. The van der Waals surface area contributed by atoms with Gasteiger partial charge in [0.25, 0.3) is 0 Å². The monoisotopic (exact) mass is 282 g/mol. The lowest BCUT2D eigenvalue weighted by molar-refractivity contribution is 0.0194. The van der Waals surface area contributed by atoms with Crippen LogP contribution in [0, 0.1) is 0 Å². The lowest BCUT2D eigenvalue weighted by Gasteiger charge is -2.16. The van der Waals surface area contributed by atoms with Gasteiger partial charge in [0.2, 0.25) is 0 Å². The van der Waals surface area contributed by atoms with E-state index in [-0.39, 0.29) is 6.61 Å². The Morgan fingerprint density at radius 2 is 1.95 bits per heavy atom. The van der Waals surface area contributed by atoms with Gasteiger partial charge >= 0.3 is 6.09 Å². The standard InChI is InChI=1S/C13H18N2O5/c1-20-13(19)14-8-4-2-7(3-5-8)10-12(18)11(17)9(6-16)15-10/h2-5,9-12,15-18H,6H2,1H3,(H,14,19)/t9-,10+,11-,12+/m1/s1. The van der Waals surface area contributed by atoms with Crippen LogP contribution >= 0.6 is 0 Å². The molecule has 5 N–H and O–H groups in total. The summed E-state index contributed by atoms with van der Waals surface area (Å²) >= 11 is 0. The van der Waals surface area contributed by atoms with E-state index in [2.05, 4.69) is 15.4 Å². The van der Waals surface area contributed by atoms with E-state index in [0.717, 1.165) is 5.56 Å². The molecule has 0 saturated carbocycles. The lowest BCUT2D eigenvalue weighted by atomic mass is 10.0. The number of hydrogen-bond donors (Lipinski definition) is 5. The molecule has 20 heavy (non-hydrogen) atoms. The highest BCUT2D eigenvalue weighted by atomic mass is 16.5. The number of ether oxygens (including phenoxy) is 1. The van der Waals surface area contributed by atoms with Gasteiger partial charge in [0, 0.05) is 5.69 Å². The van der Waals surface area contributed by atoms with Gasteiger partial charge in [0.15, 0.2) is 0 Å². The molecule has 0 spiro atoms. The topological polar surface area (TPSA) is 111 Å². The zero-order valence-electron chi connectivity index (χ0n) is 11.0. The molecule has 1 aliphatic heterocycles. The highest BCUT2D eigenvalue weighted by Crippen LogP contribution is 2.28. The number of hydrogen-bond acceptors (Lipinski definition) is 6. The Bertz CT molecular complexity index is 464. The van der Waals surface area contributed by atoms with E-state index in [1.165, 1.54) is 7.11 Å². The molecule has 1 aliphatic rings. The third kappa shape index (κ3) is 2.91. The van der Waals surface area contributed by atoms with Gasteiger partial charge in [-0.15, -0.1) is 0 Å². The number of amides is 1. The number of aliphatic hydroxyl groups excluding tert-OH is 3. The van der Waals surface area contributed by atoms with Crippen molar-refractivity contribution in [3.8, 4) is 0 Å². The van der Waals surface area contributed by atoms with Crippen LogP contribution < -0.4 is 10.6 Å². The van der Waals surface area contributed by atoms with Crippen LogP contribution in [0.5, 0.6) is 0 Å². The van der Waals surface area contributed by atoms with Crippen LogP contribution in [0.15, 0.2) is 24.3 Å². The molecule has 0 aliphatic carbocycles. The first-order valence-electron chi connectivity index (χ1n) is 6.24. The van der Waals surface area contributed by atoms with Gasteiger partial charge in [-0.3, -0.25) is 5.32 Å². The van der Waals surface area contributed by atoms with Crippen LogP contribution in [-0.4, -0.2) is 53.4 Å². The summed E-state index contributed by atoms with van der Waals surface area (Å²) in [7, 11) is 1.28. The molecule has 1 aromatic rings. The predicted molar refractivity (Wildman–Crippen MR) is 71.2 cm³/mol. The number of aliphatic hydroxyl groups is 3. The quantitative estimate of drug-likeness (QED) is 0.515. The van der Waals surface area contributed by atoms with Crippen molar-refractivity contribution in [2.75, 3.05) is 19.0 Å². The molecule has 1 fully saturated rings. The molecule has 1 aromatic carbocycles. The maximum atomic E-state index is 11.1. The SMILES string of the molecule is COC(=O)Nc1ccc([C@@H]2N[C@H](CO)[C@@H](O)[C@H]2O)cc1. The van der Waals surface area contributed by atoms with Crippen LogP contribution in [-0.2, 0) is 4.74 Å². The zero-order chi connectivity index (χ0) is 14.7. The summed E-state index contributed by atoms with van der Waals surface area (Å²) in [5, 5.41) is 34.3. The second-order valence-corrected chi connectivity index (χ2v) is 4.65. The fourth-order valence-corrected chi connectivity index (χ4v) is 2.26. The molecule has 7 nitrogen and oxygen atoms in total. The fraction of sp³-hybridized carbons (Fsp3) is 0.462. The summed E-state index contributed by atoms with van der Waals surface area (Å²) < 4.78 is 4.48. The summed E-state index contributed by atoms with van der Waals surface area (Å²) in [6.45, 7) is -0.253. The van der Waals surface area contributed by atoms with Gasteiger partial charge in [-0.2, -0.15) is 0 Å². The Morgan fingerprint density at radius 1 is 1.30 bits per heavy atom. The van der Waals surface area contributed by atoms with Crippen LogP contribution in [0.4, 0.5) is 10.5 Å². The fourth-order valence-electron chi connectivity index (χ4n) is 2.26. The van der Waals surface area contributed by atoms with Gasteiger partial charge in [-0.05, 0) is 17.7 Å². The van der Waals surface area contributed by atoms with Crippen molar-refractivity contribution in [3.05, 3.63) is 29.8 Å². The summed E-state index contributed by atoms with van der Waals surface area (Å²) in [6.07, 6.45) is -2.57. The average molecular weight is 282 g/mol. The highest BCUT2D eigenvalue weighted by Gasteiger charge is 2.41. The number of benzene rings is 1. The van der Waals surface area contributed by atoms with Crippen LogP contribution in [0.2, 0.25) is 0 Å². The number of rotatable bonds is 3. The molecular weight excluding hydrogens is 264 g/mol. The Kier molecular flexibility index (Phi) is 4.56. The molecule has 1 saturated heterocycles. The molecule has 1 amide bonds. The maximum absolute atomic E-state index is 11.1. The largest absolute Gasteiger partial charge is 0.453 e. The first kappa shape index (κ1) is 14.7. The molecule has 0 radical (unpaired) electrons. The predicted octanol–water partition coefficient (Wildman–Crippen LogP) is -0.408. The molecule has 7 heteroatoms. The molecule has 110 valence electrons. The van der Waals surface area contributed by atoms with Crippen molar-refractivity contribution in [3.63, 3.8) is 0 Å². The van der Waals surface area contributed by atoms with E-state index in [1.807, 2.05) is 0 Å². The molecular formula is C13H18N2O5. The Hall–Kier alpha value is -1.67. The third-order valence-corrected chi connectivity index (χ3v) is 3.40. The molecule has 4 atom stereocenters. The van der Waals surface area contributed by atoms with Crippen LogP contribution in [0.1, 0.15) is 11.6 Å². The molecule has 0 unspecified atom stereocenters. The van der Waals surface area contributed by atoms with Crippen LogP contribution in [0.3, 0.4) is 0 Å². The minimum Gasteiger partial charge on any atom is -0.453 e. The lowest BCUT2D eigenvalue weighted by Crippen LogP contribution is -2.35. The molecule has 1 heterocycles. The number of anilines is 1. The number of nitrogens with one attached hydrogen (secondary N) is 2. The number of methoxy groups -OCH3 is 1. The van der Waals surface area contributed by atoms with E-state index in [1.54, 1.807) is 24.3 Å². The summed E-state index contributed by atoms with van der Waals surface area (Å²) in [5.41, 5.74) is 1.32. The smallest absolute Gasteiger partial charge is 0.411 e. The first-order chi connectivity index (χ1) is 9.56. The normalized spacial score (nSPS) is 29.2. The minimum atomic E-state index is -1.02. The second kappa shape index (κ2) is 6.19. The van der Waals surface area contributed by atoms with E-state index >= 15 is 0 Å². The summed E-state index contributed by atoms with van der Waals surface area (Å²) in [4.78, 5) is 11.1. The van der Waals surface area contributed by atoms with Crippen LogP contribution in [0.25, 0.3) is 0 Å². The van der Waals surface area contributed by atoms with Gasteiger partial charge < -0.3 is 25.4 Å². The van der Waals surface area contributed by atoms with Crippen molar-refractivity contribution in [1.82, 2.24) is 5.32 Å². The van der Waals surface area contributed by atoms with Gasteiger partial charge in [0.1, 0.15) is 6.10 Å². The van der Waals surface area contributed by atoms with Crippen molar-refractivity contribution < 1.29 is 24.9 Å². The Labute approximate surface area is 116 Å². The highest BCUT2D eigenvalue weighted by molar-refractivity contribution is 5.84. The van der Waals surface area contributed by atoms with Crippen molar-refractivity contribution in [2.24, 2.45) is 0 Å². The Morgan fingerprint density at radius 3 is 2.45 bits per heavy atom. The van der Waals surface area contributed by atoms with Gasteiger partial charge in [0.05, 0.1) is 31.9 Å². The minimum absolute atomic E-state index is 0.253. The summed E-state index contributed by atoms with van der Waals surface area (Å²) in [5.74, 6) is 0. The number of carbonyl (C=O) groups excluding carboxylic acids is 1. The molecule has 0 aromatic heterocycles. The van der Waals surface area contributed by atoms with Gasteiger partial charge in [-0.25, -0.2) is 4.79 Å². The summed E-state index contributed by atoms with van der Waals surface area (Å²) in [6, 6.07) is 5.76. The zero-order valence-corrected chi connectivity index (χ0v) is 11.0. The second-order valence-electron chi connectivity index (χ2n) is 4.65. The van der Waals surface area contributed by atoms with E-state index in [9.17, 15) is 15.0 Å².